The van der Waals surface area contributed by atoms with Crippen LogP contribution in [0.2, 0.25) is 0 Å². The van der Waals surface area contributed by atoms with Gasteiger partial charge in [-0.3, -0.25) is 4.79 Å². The zero-order valence-electron chi connectivity index (χ0n) is 18.1. The third-order valence-corrected chi connectivity index (χ3v) is 7.24. The molecule has 0 bridgehead atoms. The van der Waals surface area contributed by atoms with Crippen LogP contribution in [0.4, 0.5) is 0 Å². The smallest absolute Gasteiger partial charge is 0.263 e. The van der Waals surface area contributed by atoms with Crippen LogP contribution in [-0.2, 0) is 14.8 Å². The molecule has 1 aliphatic rings. The van der Waals surface area contributed by atoms with E-state index >= 15 is 0 Å². The summed E-state index contributed by atoms with van der Waals surface area (Å²) in [5.74, 6) is 0.595. The predicted octanol–water partition coefficient (Wildman–Crippen LogP) is 3.30. The summed E-state index contributed by atoms with van der Waals surface area (Å²) in [6.45, 7) is 9.11. The van der Waals surface area contributed by atoms with E-state index in [0.717, 1.165) is 16.7 Å². The Kier molecular flexibility index (Phi) is 6.83. The van der Waals surface area contributed by atoms with Crippen molar-refractivity contribution in [2.24, 2.45) is 0 Å². The number of hydrogen-bond donors (Lipinski definition) is 0. The number of rotatable bonds is 6. The van der Waals surface area contributed by atoms with Crippen molar-refractivity contribution in [1.29, 1.82) is 0 Å². The fourth-order valence-electron chi connectivity index (χ4n) is 3.69. The lowest BCUT2D eigenvalue weighted by molar-refractivity contribution is -0.140. The van der Waals surface area contributed by atoms with Crippen molar-refractivity contribution in [1.82, 2.24) is 9.21 Å². The third kappa shape index (κ3) is 5.02. The summed E-state index contributed by atoms with van der Waals surface area (Å²) in [5, 5.41) is 0. The minimum Gasteiger partial charge on any atom is -0.481 e. The van der Waals surface area contributed by atoms with Crippen LogP contribution in [0.3, 0.4) is 0 Å². The Morgan fingerprint density at radius 3 is 2.03 bits per heavy atom. The second-order valence-electron chi connectivity index (χ2n) is 7.88. The number of piperazine rings is 1. The normalized spacial score (nSPS) is 16.3. The molecular formula is C23H30N2O4S. The molecule has 2 aromatic carbocycles. The molecule has 30 heavy (non-hydrogen) atoms. The molecule has 6 nitrogen and oxygen atoms in total. The van der Waals surface area contributed by atoms with Crippen LogP contribution in [-0.4, -0.2) is 55.8 Å². The van der Waals surface area contributed by atoms with Crippen LogP contribution in [0, 0.1) is 20.8 Å². The van der Waals surface area contributed by atoms with Gasteiger partial charge in [0.15, 0.2) is 6.10 Å². The first-order valence-electron chi connectivity index (χ1n) is 10.3. The molecule has 0 aromatic heterocycles. The third-order valence-electron chi connectivity index (χ3n) is 5.33. The van der Waals surface area contributed by atoms with E-state index in [9.17, 15) is 13.2 Å². The van der Waals surface area contributed by atoms with Gasteiger partial charge in [-0.05, 0) is 62.6 Å². The lowest BCUT2D eigenvalue weighted by atomic mass is 10.1. The molecular weight excluding hydrogens is 400 g/mol. The van der Waals surface area contributed by atoms with Gasteiger partial charge in [-0.1, -0.05) is 30.7 Å². The number of ether oxygens (including phenoxy) is 1. The largest absolute Gasteiger partial charge is 0.481 e. The Hall–Kier alpha value is -2.38. The van der Waals surface area contributed by atoms with Crippen molar-refractivity contribution >= 4 is 15.9 Å². The number of carbonyl (C=O) groups excluding carboxylic acids is 1. The summed E-state index contributed by atoms with van der Waals surface area (Å²) in [5.41, 5.74) is 3.18. The van der Waals surface area contributed by atoms with Gasteiger partial charge in [-0.25, -0.2) is 8.42 Å². The van der Waals surface area contributed by atoms with Crippen molar-refractivity contribution in [2.45, 2.75) is 45.1 Å². The van der Waals surface area contributed by atoms with Crippen molar-refractivity contribution in [3.05, 3.63) is 59.2 Å². The highest BCUT2D eigenvalue weighted by molar-refractivity contribution is 7.89. The van der Waals surface area contributed by atoms with E-state index in [0.29, 0.717) is 25.3 Å². The lowest BCUT2D eigenvalue weighted by Crippen LogP contribution is -2.53. The second-order valence-corrected chi connectivity index (χ2v) is 9.82. The number of sulfonamides is 1. The molecule has 1 unspecified atom stereocenters. The molecule has 1 heterocycles. The first-order valence-corrected chi connectivity index (χ1v) is 11.8. The van der Waals surface area contributed by atoms with Gasteiger partial charge in [0.25, 0.3) is 5.91 Å². The number of aryl methyl sites for hydroxylation is 3. The predicted molar refractivity (Wildman–Crippen MR) is 117 cm³/mol. The molecule has 1 amide bonds. The number of nitrogens with zero attached hydrogens (tertiary/aromatic N) is 2. The Balaban J connectivity index is 1.64. The average Bonchev–Trinajstić information content (AvgIpc) is 2.71. The molecule has 0 aliphatic carbocycles. The van der Waals surface area contributed by atoms with E-state index in [-0.39, 0.29) is 23.9 Å². The summed E-state index contributed by atoms with van der Waals surface area (Å²) in [6, 6.07) is 12.8. The van der Waals surface area contributed by atoms with Crippen LogP contribution in [0.25, 0.3) is 0 Å². The van der Waals surface area contributed by atoms with Gasteiger partial charge in [0.1, 0.15) is 5.75 Å². The van der Waals surface area contributed by atoms with Gasteiger partial charge < -0.3 is 9.64 Å². The topological polar surface area (TPSA) is 66.9 Å². The molecule has 1 saturated heterocycles. The molecule has 0 spiro atoms. The number of amides is 1. The highest BCUT2D eigenvalue weighted by Crippen LogP contribution is 2.21. The highest BCUT2D eigenvalue weighted by Gasteiger charge is 2.32. The van der Waals surface area contributed by atoms with Crippen molar-refractivity contribution < 1.29 is 17.9 Å². The molecule has 1 atom stereocenters. The van der Waals surface area contributed by atoms with Gasteiger partial charge in [-0.2, -0.15) is 4.31 Å². The van der Waals surface area contributed by atoms with E-state index in [1.54, 1.807) is 29.2 Å². The Labute approximate surface area is 179 Å². The molecule has 7 heteroatoms. The monoisotopic (exact) mass is 430 g/mol. The van der Waals surface area contributed by atoms with Gasteiger partial charge in [0.05, 0.1) is 4.90 Å². The molecule has 162 valence electrons. The number of hydrogen-bond acceptors (Lipinski definition) is 4. The van der Waals surface area contributed by atoms with E-state index in [1.165, 1.54) is 4.31 Å². The first kappa shape index (κ1) is 22.3. The minimum atomic E-state index is -3.55. The summed E-state index contributed by atoms with van der Waals surface area (Å²) in [7, 11) is -3.55. The Morgan fingerprint density at radius 2 is 1.50 bits per heavy atom. The van der Waals surface area contributed by atoms with Gasteiger partial charge in [0, 0.05) is 26.2 Å². The molecule has 1 fully saturated rings. The van der Waals surface area contributed by atoms with Crippen molar-refractivity contribution in [2.75, 3.05) is 26.2 Å². The van der Waals surface area contributed by atoms with Gasteiger partial charge in [0.2, 0.25) is 10.0 Å². The maximum absolute atomic E-state index is 13.0. The second kappa shape index (κ2) is 9.18. The van der Waals surface area contributed by atoms with Crippen LogP contribution >= 0.6 is 0 Å². The van der Waals surface area contributed by atoms with Gasteiger partial charge in [-0.15, -0.1) is 0 Å². The zero-order valence-corrected chi connectivity index (χ0v) is 18.9. The molecule has 0 radical (unpaired) electrons. The average molecular weight is 431 g/mol. The summed E-state index contributed by atoms with van der Waals surface area (Å²) >= 11 is 0. The standard InChI is InChI=1S/C23H30N2O4S/c1-5-22(29-20-15-18(3)14-19(4)16-20)23(26)24-10-12-25(13-11-24)30(27,28)21-8-6-17(2)7-9-21/h6-9,14-16,22H,5,10-13H2,1-4H3. The van der Waals surface area contributed by atoms with E-state index < -0.39 is 16.1 Å². The zero-order chi connectivity index (χ0) is 21.9. The fourth-order valence-corrected chi connectivity index (χ4v) is 5.11. The lowest BCUT2D eigenvalue weighted by Gasteiger charge is -2.35. The van der Waals surface area contributed by atoms with E-state index in [2.05, 4.69) is 6.07 Å². The summed E-state index contributed by atoms with van der Waals surface area (Å²) in [4.78, 5) is 15.0. The van der Waals surface area contributed by atoms with Crippen LogP contribution < -0.4 is 4.74 Å². The summed E-state index contributed by atoms with van der Waals surface area (Å²) < 4.78 is 33.2. The number of benzene rings is 2. The van der Waals surface area contributed by atoms with Crippen molar-refractivity contribution in [3.63, 3.8) is 0 Å². The Morgan fingerprint density at radius 1 is 0.933 bits per heavy atom. The fraction of sp³-hybridized carbons (Fsp3) is 0.435. The first-order chi connectivity index (χ1) is 14.2. The maximum atomic E-state index is 13.0. The quantitative estimate of drug-likeness (QED) is 0.705. The molecule has 2 aromatic rings. The van der Waals surface area contributed by atoms with Gasteiger partial charge >= 0.3 is 0 Å². The van der Waals surface area contributed by atoms with Crippen molar-refractivity contribution in [3.8, 4) is 5.75 Å². The minimum absolute atomic E-state index is 0.0935. The van der Waals surface area contributed by atoms with E-state index in [4.69, 9.17) is 4.74 Å². The summed E-state index contributed by atoms with van der Waals surface area (Å²) in [6.07, 6.45) is -0.0280. The molecule has 0 saturated carbocycles. The molecule has 0 N–H and O–H groups in total. The number of carbonyl (C=O) groups is 1. The van der Waals surface area contributed by atoms with Crippen LogP contribution in [0.15, 0.2) is 47.4 Å². The SMILES string of the molecule is CCC(Oc1cc(C)cc(C)c1)C(=O)N1CCN(S(=O)(=O)c2ccc(C)cc2)CC1. The van der Waals surface area contributed by atoms with E-state index in [1.807, 2.05) is 39.8 Å². The molecule has 3 rings (SSSR count). The van der Waals surface area contributed by atoms with Crippen LogP contribution in [0.1, 0.15) is 30.0 Å². The maximum Gasteiger partial charge on any atom is 0.263 e. The Bertz CT molecular complexity index is 974. The molecule has 1 aliphatic heterocycles. The van der Waals surface area contributed by atoms with Crippen LogP contribution in [0.5, 0.6) is 5.75 Å². The highest BCUT2D eigenvalue weighted by atomic mass is 32.2.